The summed E-state index contributed by atoms with van der Waals surface area (Å²) in [5.41, 5.74) is 0. The zero-order valence-corrected chi connectivity index (χ0v) is 8.21. The summed E-state index contributed by atoms with van der Waals surface area (Å²) < 4.78 is 5.46. The first kappa shape index (κ1) is 8.75. The van der Waals surface area contributed by atoms with E-state index < -0.39 is 0 Å². The molecular formula is C9H11ClN2O. The minimum Gasteiger partial charge on any atom is -0.477 e. The van der Waals surface area contributed by atoms with Gasteiger partial charge in [-0.1, -0.05) is 11.6 Å². The van der Waals surface area contributed by atoms with E-state index in [0.29, 0.717) is 16.9 Å². The highest BCUT2D eigenvalue weighted by molar-refractivity contribution is 6.29. The summed E-state index contributed by atoms with van der Waals surface area (Å²) in [7, 11) is 0. The molecule has 4 heteroatoms. The molecule has 0 N–H and O–H groups in total. The Morgan fingerprint density at radius 3 is 2.92 bits per heavy atom. The van der Waals surface area contributed by atoms with Gasteiger partial charge in [0.15, 0.2) is 0 Å². The van der Waals surface area contributed by atoms with Crippen molar-refractivity contribution in [3.63, 3.8) is 0 Å². The largest absolute Gasteiger partial charge is 0.477 e. The molecule has 0 bridgehead atoms. The lowest BCUT2D eigenvalue weighted by Crippen LogP contribution is -2.02. The van der Waals surface area contributed by atoms with Gasteiger partial charge in [-0.05, 0) is 25.7 Å². The summed E-state index contributed by atoms with van der Waals surface area (Å²) in [6, 6.07) is 1.65. The van der Waals surface area contributed by atoms with Crippen LogP contribution in [0.1, 0.15) is 18.7 Å². The predicted octanol–water partition coefficient (Wildman–Crippen LogP) is 2.23. The van der Waals surface area contributed by atoms with Crippen LogP contribution in [0, 0.1) is 12.8 Å². The predicted molar refractivity (Wildman–Crippen MR) is 50.0 cm³/mol. The van der Waals surface area contributed by atoms with Gasteiger partial charge >= 0.3 is 0 Å². The minimum atomic E-state index is 0.443. The molecule has 0 aromatic carbocycles. The van der Waals surface area contributed by atoms with Crippen LogP contribution in [-0.2, 0) is 0 Å². The van der Waals surface area contributed by atoms with Crippen molar-refractivity contribution in [3.05, 3.63) is 17.0 Å². The fourth-order valence-electron chi connectivity index (χ4n) is 1.07. The Labute approximate surface area is 82.1 Å². The lowest BCUT2D eigenvalue weighted by Gasteiger charge is -2.04. The topological polar surface area (TPSA) is 35.0 Å². The van der Waals surface area contributed by atoms with Crippen molar-refractivity contribution < 1.29 is 4.74 Å². The Morgan fingerprint density at radius 1 is 1.54 bits per heavy atom. The number of ether oxygens (including phenoxy) is 1. The summed E-state index contributed by atoms with van der Waals surface area (Å²) >= 11 is 5.75. The first-order valence-electron chi connectivity index (χ1n) is 4.38. The van der Waals surface area contributed by atoms with E-state index in [-0.39, 0.29) is 0 Å². The average Bonchev–Trinajstić information content (AvgIpc) is 2.81. The van der Waals surface area contributed by atoms with Gasteiger partial charge in [-0.2, -0.15) is 4.98 Å². The lowest BCUT2D eigenvalue weighted by atomic mass is 10.5. The molecule has 1 aliphatic carbocycles. The SMILES string of the molecule is Cc1nc(Cl)cc(OCC2CC2)n1. The maximum absolute atomic E-state index is 5.75. The van der Waals surface area contributed by atoms with E-state index in [4.69, 9.17) is 16.3 Å². The molecule has 1 aromatic rings. The number of aryl methyl sites for hydroxylation is 1. The van der Waals surface area contributed by atoms with Gasteiger partial charge in [0, 0.05) is 6.07 Å². The standard InChI is InChI=1S/C9H11ClN2O/c1-6-11-8(10)4-9(12-6)13-5-7-2-3-7/h4,7H,2-3,5H2,1H3. The molecule has 2 rings (SSSR count). The van der Waals surface area contributed by atoms with Crippen molar-refractivity contribution in [2.75, 3.05) is 6.61 Å². The number of hydrogen-bond acceptors (Lipinski definition) is 3. The summed E-state index contributed by atoms with van der Waals surface area (Å²) in [5.74, 6) is 1.97. The molecule has 1 heterocycles. The Balaban J connectivity index is 2.01. The Kier molecular flexibility index (Phi) is 2.36. The third kappa shape index (κ3) is 2.56. The maximum Gasteiger partial charge on any atom is 0.218 e. The van der Waals surface area contributed by atoms with E-state index in [9.17, 15) is 0 Å². The van der Waals surface area contributed by atoms with Gasteiger partial charge in [0.2, 0.25) is 5.88 Å². The molecule has 1 aliphatic rings. The van der Waals surface area contributed by atoms with Gasteiger partial charge in [-0.25, -0.2) is 4.98 Å². The molecule has 0 unspecified atom stereocenters. The molecule has 13 heavy (non-hydrogen) atoms. The molecular weight excluding hydrogens is 188 g/mol. The van der Waals surface area contributed by atoms with Crippen LogP contribution in [0.5, 0.6) is 5.88 Å². The van der Waals surface area contributed by atoms with E-state index in [1.165, 1.54) is 12.8 Å². The van der Waals surface area contributed by atoms with Gasteiger partial charge in [0.05, 0.1) is 6.61 Å². The highest BCUT2D eigenvalue weighted by atomic mass is 35.5. The van der Waals surface area contributed by atoms with Crippen LogP contribution in [0.2, 0.25) is 5.15 Å². The van der Waals surface area contributed by atoms with Crippen molar-refractivity contribution in [1.82, 2.24) is 9.97 Å². The molecule has 0 atom stereocenters. The number of rotatable bonds is 3. The Morgan fingerprint density at radius 2 is 2.31 bits per heavy atom. The summed E-state index contributed by atoms with van der Waals surface area (Å²) in [5, 5.41) is 0.443. The zero-order chi connectivity index (χ0) is 9.26. The molecule has 0 radical (unpaired) electrons. The normalized spacial score (nSPS) is 15.8. The number of hydrogen-bond donors (Lipinski definition) is 0. The average molecular weight is 199 g/mol. The Hall–Kier alpha value is -0.830. The van der Waals surface area contributed by atoms with Crippen molar-refractivity contribution in [3.8, 4) is 5.88 Å². The van der Waals surface area contributed by atoms with Crippen molar-refractivity contribution in [1.29, 1.82) is 0 Å². The monoisotopic (exact) mass is 198 g/mol. The molecule has 0 saturated heterocycles. The maximum atomic E-state index is 5.75. The van der Waals surface area contributed by atoms with Gasteiger partial charge in [-0.15, -0.1) is 0 Å². The summed E-state index contributed by atoms with van der Waals surface area (Å²) in [6.45, 7) is 2.56. The molecule has 0 spiro atoms. The first-order valence-corrected chi connectivity index (χ1v) is 4.76. The number of aromatic nitrogens is 2. The Bertz CT molecular complexity index is 292. The van der Waals surface area contributed by atoms with Crippen molar-refractivity contribution in [2.24, 2.45) is 5.92 Å². The minimum absolute atomic E-state index is 0.443. The fourth-order valence-corrected chi connectivity index (χ4v) is 1.28. The van der Waals surface area contributed by atoms with Crippen LogP contribution in [-0.4, -0.2) is 16.6 Å². The second kappa shape index (κ2) is 3.50. The molecule has 0 aliphatic heterocycles. The third-order valence-corrected chi connectivity index (χ3v) is 2.14. The first-order chi connectivity index (χ1) is 6.24. The van der Waals surface area contributed by atoms with Gasteiger partial charge in [0.1, 0.15) is 11.0 Å². The molecule has 70 valence electrons. The van der Waals surface area contributed by atoms with Crippen LogP contribution in [0.3, 0.4) is 0 Å². The van der Waals surface area contributed by atoms with Crippen LogP contribution >= 0.6 is 11.6 Å². The van der Waals surface area contributed by atoms with E-state index >= 15 is 0 Å². The van der Waals surface area contributed by atoms with Crippen LogP contribution in [0.4, 0.5) is 0 Å². The van der Waals surface area contributed by atoms with Gasteiger partial charge < -0.3 is 4.74 Å². The molecule has 0 amide bonds. The number of halogens is 1. The van der Waals surface area contributed by atoms with Crippen molar-refractivity contribution >= 4 is 11.6 Å². The second-order valence-electron chi connectivity index (χ2n) is 3.33. The quantitative estimate of drug-likeness (QED) is 0.699. The molecule has 1 aromatic heterocycles. The van der Waals surface area contributed by atoms with E-state index in [0.717, 1.165) is 12.5 Å². The lowest BCUT2D eigenvalue weighted by molar-refractivity contribution is 0.287. The van der Waals surface area contributed by atoms with E-state index in [2.05, 4.69) is 9.97 Å². The fraction of sp³-hybridized carbons (Fsp3) is 0.556. The van der Waals surface area contributed by atoms with Crippen LogP contribution in [0.25, 0.3) is 0 Å². The van der Waals surface area contributed by atoms with Crippen LogP contribution in [0.15, 0.2) is 6.07 Å². The highest BCUT2D eigenvalue weighted by Crippen LogP contribution is 2.29. The molecule has 1 saturated carbocycles. The van der Waals surface area contributed by atoms with Crippen LogP contribution < -0.4 is 4.74 Å². The van der Waals surface area contributed by atoms with E-state index in [1.807, 2.05) is 0 Å². The van der Waals surface area contributed by atoms with Crippen molar-refractivity contribution in [2.45, 2.75) is 19.8 Å². The zero-order valence-electron chi connectivity index (χ0n) is 7.46. The van der Waals surface area contributed by atoms with Gasteiger partial charge in [0.25, 0.3) is 0 Å². The van der Waals surface area contributed by atoms with Gasteiger partial charge in [-0.3, -0.25) is 0 Å². The highest BCUT2D eigenvalue weighted by Gasteiger charge is 2.22. The third-order valence-electron chi connectivity index (χ3n) is 1.95. The summed E-state index contributed by atoms with van der Waals surface area (Å²) in [6.07, 6.45) is 2.55. The summed E-state index contributed by atoms with van der Waals surface area (Å²) in [4.78, 5) is 8.07. The smallest absolute Gasteiger partial charge is 0.218 e. The van der Waals surface area contributed by atoms with E-state index in [1.54, 1.807) is 13.0 Å². The second-order valence-corrected chi connectivity index (χ2v) is 3.72. The molecule has 3 nitrogen and oxygen atoms in total. The molecule has 1 fully saturated rings. The number of nitrogens with zero attached hydrogens (tertiary/aromatic N) is 2.